The standard InChI is InChI=1S/C12H15ClN2O2/c1-14-12(17)9-5-2-3-6-10(9)15-11(16)7-4-8-13/h2-3,5-6H,4,7-8H2,1H3,(H,14,17)(H,15,16). The van der Waals surface area contributed by atoms with Crippen molar-refractivity contribution in [2.45, 2.75) is 12.8 Å². The van der Waals surface area contributed by atoms with E-state index in [0.29, 0.717) is 30.0 Å². The molecule has 2 N–H and O–H groups in total. The Balaban J connectivity index is 2.76. The third-order valence-electron chi connectivity index (χ3n) is 2.21. The maximum absolute atomic E-state index is 11.5. The van der Waals surface area contributed by atoms with Crippen molar-refractivity contribution in [2.24, 2.45) is 0 Å². The molecule has 0 aromatic heterocycles. The van der Waals surface area contributed by atoms with E-state index in [9.17, 15) is 9.59 Å². The number of para-hydroxylation sites is 1. The van der Waals surface area contributed by atoms with E-state index < -0.39 is 0 Å². The number of nitrogens with one attached hydrogen (secondary N) is 2. The molecule has 5 heteroatoms. The van der Waals surface area contributed by atoms with Gasteiger partial charge in [0, 0.05) is 19.3 Å². The van der Waals surface area contributed by atoms with Crippen LogP contribution in [0.2, 0.25) is 0 Å². The van der Waals surface area contributed by atoms with Gasteiger partial charge >= 0.3 is 0 Å². The molecule has 0 spiro atoms. The highest BCUT2D eigenvalue weighted by atomic mass is 35.5. The van der Waals surface area contributed by atoms with E-state index in [4.69, 9.17) is 11.6 Å². The monoisotopic (exact) mass is 254 g/mol. The molecule has 92 valence electrons. The second kappa shape index (κ2) is 6.91. The minimum atomic E-state index is -0.224. The van der Waals surface area contributed by atoms with E-state index in [2.05, 4.69) is 10.6 Å². The van der Waals surface area contributed by atoms with Gasteiger partial charge in [0.05, 0.1) is 11.3 Å². The fraction of sp³-hybridized carbons (Fsp3) is 0.333. The second-order valence-electron chi connectivity index (χ2n) is 3.47. The number of rotatable bonds is 5. The predicted molar refractivity (Wildman–Crippen MR) is 68.4 cm³/mol. The van der Waals surface area contributed by atoms with Crippen molar-refractivity contribution < 1.29 is 9.59 Å². The first-order valence-electron chi connectivity index (χ1n) is 5.36. The van der Waals surface area contributed by atoms with Gasteiger partial charge in [0.1, 0.15) is 0 Å². The molecule has 0 aliphatic carbocycles. The van der Waals surface area contributed by atoms with E-state index in [0.717, 1.165) is 0 Å². The van der Waals surface area contributed by atoms with E-state index in [1.54, 1.807) is 31.3 Å². The Labute approximate surface area is 105 Å². The quantitative estimate of drug-likeness (QED) is 0.790. The third-order valence-corrected chi connectivity index (χ3v) is 2.48. The summed E-state index contributed by atoms with van der Waals surface area (Å²) in [5.74, 6) is 0.0880. The Kier molecular flexibility index (Phi) is 5.49. The molecule has 4 nitrogen and oxygen atoms in total. The third kappa shape index (κ3) is 4.07. The molecular weight excluding hydrogens is 240 g/mol. The molecule has 0 atom stereocenters. The number of benzene rings is 1. The normalized spacial score (nSPS) is 9.76. The number of carbonyl (C=O) groups is 2. The predicted octanol–water partition coefficient (Wildman–Crippen LogP) is 2.00. The second-order valence-corrected chi connectivity index (χ2v) is 3.84. The molecule has 0 bridgehead atoms. The van der Waals surface area contributed by atoms with Gasteiger partial charge in [-0.15, -0.1) is 11.6 Å². The number of alkyl halides is 1. The molecule has 0 unspecified atom stereocenters. The van der Waals surface area contributed by atoms with Crippen LogP contribution < -0.4 is 10.6 Å². The number of hydrogen-bond donors (Lipinski definition) is 2. The summed E-state index contributed by atoms with van der Waals surface area (Å²) < 4.78 is 0. The smallest absolute Gasteiger partial charge is 0.253 e. The fourth-order valence-corrected chi connectivity index (χ4v) is 1.50. The number of carbonyl (C=O) groups excluding carboxylic acids is 2. The number of halogens is 1. The molecule has 0 saturated heterocycles. The van der Waals surface area contributed by atoms with Crippen LogP contribution in [0.15, 0.2) is 24.3 Å². The molecule has 2 amide bonds. The SMILES string of the molecule is CNC(=O)c1ccccc1NC(=O)CCCCl. The first-order chi connectivity index (χ1) is 8.19. The van der Waals surface area contributed by atoms with Crippen molar-refractivity contribution in [3.63, 3.8) is 0 Å². The first-order valence-corrected chi connectivity index (χ1v) is 5.89. The summed E-state index contributed by atoms with van der Waals surface area (Å²) in [6.07, 6.45) is 0.973. The van der Waals surface area contributed by atoms with Crippen LogP contribution in [-0.4, -0.2) is 24.7 Å². The fourth-order valence-electron chi connectivity index (χ4n) is 1.36. The lowest BCUT2D eigenvalue weighted by molar-refractivity contribution is -0.116. The van der Waals surface area contributed by atoms with Gasteiger partial charge in [0.2, 0.25) is 5.91 Å². The van der Waals surface area contributed by atoms with Crippen molar-refractivity contribution in [1.29, 1.82) is 0 Å². The topological polar surface area (TPSA) is 58.2 Å². The molecular formula is C12H15ClN2O2. The lowest BCUT2D eigenvalue weighted by Crippen LogP contribution is -2.21. The zero-order chi connectivity index (χ0) is 12.7. The molecule has 0 aliphatic heterocycles. The molecule has 1 rings (SSSR count). The summed E-state index contributed by atoms with van der Waals surface area (Å²) in [5, 5.41) is 5.23. The Hall–Kier alpha value is -1.55. The van der Waals surface area contributed by atoms with Gasteiger partial charge < -0.3 is 10.6 Å². The summed E-state index contributed by atoms with van der Waals surface area (Å²) in [6, 6.07) is 6.88. The molecule has 0 heterocycles. The van der Waals surface area contributed by atoms with E-state index >= 15 is 0 Å². The van der Waals surface area contributed by atoms with Gasteiger partial charge in [-0.05, 0) is 18.6 Å². The summed E-state index contributed by atoms with van der Waals surface area (Å²) in [5.41, 5.74) is 0.973. The first kappa shape index (κ1) is 13.5. The molecule has 0 aliphatic rings. The van der Waals surface area contributed by atoms with Crippen LogP contribution >= 0.6 is 11.6 Å². The van der Waals surface area contributed by atoms with Crippen LogP contribution in [0.4, 0.5) is 5.69 Å². The summed E-state index contributed by atoms with van der Waals surface area (Å²) in [7, 11) is 1.55. The molecule has 1 aromatic rings. The van der Waals surface area contributed by atoms with Crippen LogP contribution in [0.1, 0.15) is 23.2 Å². The van der Waals surface area contributed by atoms with Crippen LogP contribution in [0.5, 0.6) is 0 Å². The summed E-state index contributed by atoms with van der Waals surface area (Å²) in [6.45, 7) is 0. The van der Waals surface area contributed by atoms with Crippen molar-refractivity contribution in [3.8, 4) is 0 Å². The molecule has 17 heavy (non-hydrogen) atoms. The van der Waals surface area contributed by atoms with Crippen LogP contribution in [0.3, 0.4) is 0 Å². The highest BCUT2D eigenvalue weighted by Crippen LogP contribution is 2.15. The minimum Gasteiger partial charge on any atom is -0.355 e. The molecule has 0 saturated carbocycles. The van der Waals surface area contributed by atoms with E-state index in [-0.39, 0.29) is 11.8 Å². The van der Waals surface area contributed by atoms with Crippen LogP contribution in [0, 0.1) is 0 Å². The van der Waals surface area contributed by atoms with Crippen LogP contribution in [-0.2, 0) is 4.79 Å². The Morgan fingerprint density at radius 3 is 2.65 bits per heavy atom. The van der Waals surface area contributed by atoms with Gasteiger partial charge in [-0.3, -0.25) is 9.59 Å². The van der Waals surface area contributed by atoms with Crippen molar-refractivity contribution in [3.05, 3.63) is 29.8 Å². The van der Waals surface area contributed by atoms with Gasteiger partial charge in [0.15, 0.2) is 0 Å². The molecule has 0 fully saturated rings. The molecule has 0 radical (unpaired) electrons. The van der Waals surface area contributed by atoms with Gasteiger partial charge in [-0.1, -0.05) is 12.1 Å². The maximum Gasteiger partial charge on any atom is 0.253 e. The Morgan fingerprint density at radius 1 is 1.29 bits per heavy atom. The Morgan fingerprint density at radius 2 is 2.00 bits per heavy atom. The number of amides is 2. The average Bonchev–Trinajstić information content (AvgIpc) is 2.36. The maximum atomic E-state index is 11.5. The van der Waals surface area contributed by atoms with E-state index in [1.807, 2.05) is 0 Å². The van der Waals surface area contributed by atoms with Gasteiger partial charge in [0.25, 0.3) is 5.91 Å². The molecule has 1 aromatic carbocycles. The number of hydrogen-bond acceptors (Lipinski definition) is 2. The zero-order valence-corrected chi connectivity index (χ0v) is 10.4. The van der Waals surface area contributed by atoms with Gasteiger partial charge in [-0.25, -0.2) is 0 Å². The van der Waals surface area contributed by atoms with Crippen LogP contribution in [0.25, 0.3) is 0 Å². The highest BCUT2D eigenvalue weighted by molar-refractivity contribution is 6.18. The highest BCUT2D eigenvalue weighted by Gasteiger charge is 2.11. The van der Waals surface area contributed by atoms with Crippen molar-refractivity contribution in [1.82, 2.24) is 5.32 Å². The minimum absolute atomic E-state index is 0.137. The van der Waals surface area contributed by atoms with Crippen molar-refractivity contribution >= 4 is 29.1 Å². The number of anilines is 1. The average molecular weight is 255 g/mol. The summed E-state index contributed by atoms with van der Waals surface area (Å²) in [4.78, 5) is 23.1. The van der Waals surface area contributed by atoms with Crippen molar-refractivity contribution in [2.75, 3.05) is 18.2 Å². The largest absolute Gasteiger partial charge is 0.355 e. The zero-order valence-electron chi connectivity index (χ0n) is 9.63. The summed E-state index contributed by atoms with van der Waals surface area (Å²) >= 11 is 5.51. The van der Waals surface area contributed by atoms with E-state index in [1.165, 1.54) is 0 Å². The lowest BCUT2D eigenvalue weighted by atomic mass is 10.1. The Bertz CT molecular complexity index is 407. The van der Waals surface area contributed by atoms with Gasteiger partial charge in [-0.2, -0.15) is 0 Å². The lowest BCUT2D eigenvalue weighted by Gasteiger charge is -2.09.